The van der Waals surface area contributed by atoms with Gasteiger partial charge in [-0.25, -0.2) is 0 Å². The Morgan fingerprint density at radius 2 is 1.67 bits per heavy atom. The molecule has 0 bridgehead atoms. The van der Waals surface area contributed by atoms with Crippen LogP contribution in [0.15, 0.2) is 0 Å². The first-order valence-electron chi connectivity index (χ1n) is 4.67. The van der Waals surface area contributed by atoms with Crippen LogP contribution in [0.1, 0.15) is 40.0 Å². The van der Waals surface area contributed by atoms with E-state index < -0.39 is 0 Å². The molecule has 12 heavy (non-hydrogen) atoms. The van der Waals surface area contributed by atoms with Crippen LogP contribution in [0.2, 0.25) is 0 Å². The van der Waals surface area contributed by atoms with Crippen molar-refractivity contribution in [3.8, 4) is 0 Å². The van der Waals surface area contributed by atoms with Gasteiger partial charge in [0, 0.05) is 0 Å². The molecule has 2 atom stereocenters. The normalized spacial score (nSPS) is 48.2. The lowest BCUT2D eigenvalue weighted by atomic mass is 9.74. The van der Waals surface area contributed by atoms with Crippen molar-refractivity contribution in [1.29, 1.82) is 0 Å². The highest BCUT2D eigenvalue weighted by atomic mass is 79.9. The maximum atomic E-state index is 3.80. The molecular formula is C10H16Br2. The van der Waals surface area contributed by atoms with Gasteiger partial charge in [-0.1, -0.05) is 52.6 Å². The third-order valence-corrected chi connectivity index (χ3v) is 6.88. The van der Waals surface area contributed by atoms with Crippen molar-refractivity contribution in [2.45, 2.75) is 43.3 Å². The Kier molecular flexibility index (Phi) is 1.83. The van der Waals surface area contributed by atoms with E-state index in [1.54, 1.807) is 0 Å². The van der Waals surface area contributed by atoms with Crippen molar-refractivity contribution in [3.63, 3.8) is 0 Å². The Hall–Kier alpha value is 0.960. The summed E-state index contributed by atoms with van der Waals surface area (Å²) < 4.78 is 0.265. The molecule has 0 unspecified atom stereocenters. The molecule has 2 fully saturated rings. The van der Waals surface area contributed by atoms with Crippen LogP contribution >= 0.6 is 31.9 Å². The van der Waals surface area contributed by atoms with Gasteiger partial charge in [0.2, 0.25) is 0 Å². The van der Waals surface area contributed by atoms with Crippen molar-refractivity contribution in [1.82, 2.24) is 0 Å². The topological polar surface area (TPSA) is 0 Å². The van der Waals surface area contributed by atoms with Gasteiger partial charge >= 0.3 is 0 Å². The minimum Gasteiger partial charge on any atom is -0.0718 e. The minimum atomic E-state index is 0.265. The molecule has 0 aromatic heterocycles. The second-order valence-corrected chi connectivity index (χ2v) is 9.03. The average Bonchev–Trinajstić information content (AvgIpc) is 2.32. The minimum absolute atomic E-state index is 0.265. The summed E-state index contributed by atoms with van der Waals surface area (Å²) in [5, 5.41) is 0. The zero-order valence-corrected chi connectivity index (χ0v) is 11.1. The summed E-state index contributed by atoms with van der Waals surface area (Å²) in [5.41, 5.74) is 1.09. The van der Waals surface area contributed by atoms with Gasteiger partial charge in [0.1, 0.15) is 0 Å². The standard InChI is InChI=1S/C10H16Br2/c1-8(2)4-5-9(3)7(6-8)10(9,11)12/h7H,4-6H2,1-3H3/t7-,9-/m0/s1. The smallest absolute Gasteiger partial charge is 0.0718 e. The van der Waals surface area contributed by atoms with Gasteiger partial charge in [0.05, 0.1) is 3.23 Å². The second-order valence-electron chi connectivity index (χ2n) is 5.46. The molecule has 0 aromatic carbocycles. The fourth-order valence-corrected chi connectivity index (χ4v) is 4.68. The Morgan fingerprint density at radius 3 is 2.08 bits per heavy atom. The van der Waals surface area contributed by atoms with Crippen molar-refractivity contribution in [3.05, 3.63) is 0 Å². The van der Waals surface area contributed by atoms with Crippen molar-refractivity contribution in [2.75, 3.05) is 0 Å². The largest absolute Gasteiger partial charge is 0.0896 e. The molecule has 70 valence electrons. The molecule has 0 heterocycles. The van der Waals surface area contributed by atoms with E-state index in [2.05, 4.69) is 52.6 Å². The molecule has 0 spiro atoms. The number of halogens is 2. The third-order valence-electron chi connectivity index (χ3n) is 3.96. The molecule has 2 heteroatoms. The molecule has 0 radical (unpaired) electrons. The summed E-state index contributed by atoms with van der Waals surface area (Å²) in [5.74, 6) is 0.841. The van der Waals surface area contributed by atoms with E-state index in [4.69, 9.17) is 0 Å². The second kappa shape index (κ2) is 2.31. The maximum Gasteiger partial charge on any atom is 0.0896 e. The fraction of sp³-hybridized carbons (Fsp3) is 1.00. The SMILES string of the molecule is CC1(C)CC[C@@]2(C)[C@H](C1)C2(Br)Br. The van der Waals surface area contributed by atoms with Gasteiger partial charge in [-0.15, -0.1) is 0 Å². The lowest BCUT2D eigenvalue weighted by Crippen LogP contribution is -2.20. The monoisotopic (exact) mass is 294 g/mol. The Labute approximate surface area is 91.7 Å². The molecule has 2 aliphatic rings. The number of rotatable bonds is 0. The van der Waals surface area contributed by atoms with Crippen LogP contribution in [0.3, 0.4) is 0 Å². The van der Waals surface area contributed by atoms with Crippen LogP contribution in [0, 0.1) is 16.7 Å². The third kappa shape index (κ3) is 1.06. The number of hydrogen-bond donors (Lipinski definition) is 0. The van der Waals surface area contributed by atoms with Gasteiger partial charge in [-0.3, -0.25) is 0 Å². The highest BCUT2D eigenvalue weighted by Crippen LogP contribution is 2.78. The van der Waals surface area contributed by atoms with Crippen molar-refractivity contribution < 1.29 is 0 Å². The first-order valence-corrected chi connectivity index (χ1v) is 6.26. The van der Waals surface area contributed by atoms with Crippen LogP contribution in [0.25, 0.3) is 0 Å². The first-order chi connectivity index (χ1) is 5.30. The fourth-order valence-electron chi connectivity index (χ4n) is 2.62. The number of fused-ring (bicyclic) bond motifs is 1. The van der Waals surface area contributed by atoms with Gasteiger partial charge in [-0.2, -0.15) is 0 Å². The molecule has 0 N–H and O–H groups in total. The maximum absolute atomic E-state index is 3.80. The van der Waals surface area contributed by atoms with Gasteiger partial charge in [0.25, 0.3) is 0 Å². The predicted molar refractivity (Wildman–Crippen MR) is 59.8 cm³/mol. The summed E-state index contributed by atoms with van der Waals surface area (Å²) in [4.78, 5) is 0. The zero-order valence-electron chi connectivity index (χ0n) is 7.95. The average molecular weight is 296 g/mol. The van der Waals surface area contributed by atoms with Crippen LogP contribution < -0.4 is 0 Å². The number of hydrogen-bond acceptors (Lipinski definition) is 0. The van der Waals surface area contributed by atoms with Crippen LogP contribution in [-0.4, -0.2) is 3.23 Å². The van der Waals surface area contributed by atoms with Crippen LogP contribution in [-0.2, 0) is 0 Å². The molecule has 2 rings (SSSR count). The highest BCUT2D eigenvalue weighted by molar-refractivity contribution is 9.25. The molecule has 0 nitrogen and oxygen atoms in total. The molecule has 2 aliphatic carbocycles. The van der Waals surface area contributed by atoms with E-state index in [0.29, 0.717) is 10.8 Å². The van der Waals surface area contributed by atoms with E-state index in [-0.39, 0.29) is 3.23 Å². The zero-order chi connectivity index (χ0) is 9.20. The summed E-state index contributed by atoms with van der Waals surface area (Å²) >= 11 is 7.61. The Morgan fingerprint density at radius 1 is 1.08 bits per heavy atom. The summed E-state index contributed by atoms with van der Waals surface area (Å²) in [6.07, 6.45) is 4.10. The van der Waals surface area contributed by atoms with Crippen LogP contribution in [0.5, 0.6) is 0 Å². The van der Waals surface area contributed by atoms with Gasteiger partial charge < -0.3 is 0 Å². The van der Waals surface area contributed by atoms with Crippen molar-refractivity contribution in [2.24, 2.45) is 16.7 Å². The lowest BCUT2D eigenvalue weighted by Gasteiger charge is -2.31. The van der Waals surface area contributed by atoms with E-state index >= 15 is 0 Å². The molecule has 0 aliphatic heterocycles. The molecular weight excluding hydrogens is 280 g/mol. The molecule has 0 saturated heterocycles. The Bertz CT molecular complexity index is 220. The quantitative estimate of drug-likeness (QED) is 0.584. The summed E-state index contributed by atoms with van der Waals surface area (Å²) in [7, 11) is 0. The molecule has 0 amide bonds. The molecule has 2 saturated carbocycles. The highest BCUT2D eigenvalue weighted by Gasteiger charge is 2.73. The predicted octanol–water partition coefficient (Wildman–Crippen LogP) is 4.32. The molecule has 0 aromatic rings. The lowest BCUT2D eigenvalue weighted by molar-refractivity contribution is 0.193. The summed E-state index contributed by atoms with van der Waals surface area (Å²) in [6.45, 7) is 7.18. The number of alkyl halides is 2. The van der Waals surface area contributed by atoms with E-state index in [1.807, 2.05) is 0 Å². The van der Waals surface area contributed by atoms with Crippen molar-refractivity contribution >= 4 is 31.9 Å². The Balaban J connectivity index is 2.18. The van der Waals surface area contributed by atoms with Gasteiger partial charge in [0.15, 0.2) is 0 Å². The van der Waals surface area contributed by atoms with E-state index in [1.165, 1.54) is 19.3 Å². The summed E-state index contributed by atoms with van der Waals surface area (Å²) in [6, 6.07) is 0. The van der Waals surface area contributed by atoms with Gasteiger partial charge in [-0.05, 0) is 36.0 Å². The van der Waals surface area contributed by atoms with Crippen LogP contribution in [0.4, 0.5) is 0 Å². The van der Waals surface area contributed by atoms with E-state index in [9.17, 15) is 0 Å². The first kappa shape index (κ1) is 9.51. The van der Waals surface area contributed by atoms with E-state index in [0.717, 1.165) is 5.92 Å².